The van der Waals surface area contributed by atoms with Crippen LogP contribution >= 0.6 is 11.3 Å². The molecule has 1 aliphatic heterocycles. The van der Waals surface area contributed by atoms with Crippen LogP contribution in [0.4, 0.5) is 8.78 Å². The molecule has 0 radical (unpaired) electrons. The highest BCUT2D eigenvalue weighted by Crippen LogP contribution is 2.36. The molecule has 7 nitrogen and oxygen atoms in total. The summed E-state index contributed by atoms with van der Waals surface area (Å²) in [6, 6.07) is 10.5. The van der Waals surface area contributed by atoms with Crippen LogP contribution in [0.5, 0.6) is 0 Å². The van der Waals surface area contributed by atoms with Gasteiger partial charge in [0.2, 0.25) is 0 Å². The predicted molar refractivity (Wildman–Crippen MR) is 145 cm³/mol. The highest BCUT2D eigenvalue weighted by molar-refractivity contribution is 7.14. The van der Waals surface area contributed by atoms with Gasteiger partial charge in [-0.3, -0.25) is 15.0 Å². The smallest absolute Gasteiger partial charge is 0.178 e. The van der Waals surface area contributed by atoms with Crippen molar-refractivity contribution in [3.63, 3.8) is 0 Å². The monoisotopic (exact) mass is 527 g/mol. The van der Waals surface area contributed by atoms with Crippen LogP contribution in [0.3, 0.4) is 0 Å². The Hall–Kier alpha value is -4.02. The van der Waals surface area contributed by atoms with Crippen LogP contribution in [0.15, 0.2) is 55.0 Å². The first-order valence-electron chi connectivity index (χ1n) is 12.6. The number of halogens is 2. The van der Waals surface area contributed by atoms with Crippen LogP contribution in [0, 0.1) is 10.9 Å². The molecule has 1 fully saturated rings. The molecule has 6 heterocycles. The second-order valence-electron chi connectivity index (χ2n) is 9.59. The van der Waals surface area contributed by atoms with E-state index in [1.165, 1.54) is 25.3 Å². The van der Waals surface area contributed by atoms with Crippen molar-refractivity contribution >= 4 is 33.4 Å². The Balaban J connectivity index is 1.29. The first kappa shape index (κ1) is 23.1. The third kappa shape index (κ3) is 4.06. The van der Waals surface area contributed by atoms with Gasteiger partial charge in [0.05, 0.1) is 16.4 Å². The maximum atomic E-state index is 16.1. The lowest BCUT2D eigenvalue weighted by molar-refractivity contribution is 0.220. The fourth-order valence-corrected chi connectivity index (χ4v) is 6.01. The van der Waals surface area contributed by atoms with Gasteiger partial charge in [0, 0.05) is 46.7 Å². The molecule has 10 heteroatoms. The Kier molecular flexibility index (Phi) is 5.70. The molecule has 0 amide bonds. The quantitative estimate of drug-likeness (QED) is 0.265. The van der Waals surface area contributed by atoms with Crippen LogP contribution in [0.25, 0.3) is 55.2 Å². The zero-order chi connectivity index (χ0) is 25.6. The number of rotatable bonds is 5. The molecule has 0 unspecified atom stereocenters. The predicted octanol–water partition coefficient (Wildman–Crippen LogP) is 6.56. The molecular weight excluding hydrogens is 504 g/mol. The third-order valence-corrected chi connectivity index (χ3v) is 7.99. The maximum Gasteiger partial charge on any atom is 0.178 e. The van der Waals surface area contributed by atoms with E-state index in [9.17, 15) is 4.39 Å². The van der Waals surface area contributed by atoms with E-state index < -0.39 is 5.82 Å². The van der Waals surface area contributed by atoms with Crippen molar-refractivity contribution in [2.45, 2.75) is 25.8 Å². The van der Waals surface area contributed by atoms with Crippen LogP contribution < -0.4 is 0 Å². The zero-order valence-electron chi connectivity index (χ0n) is 20.3. The highest BCUT2D eigenvalue weighted by atomic mass is 32.1. The lowest BCUT2D eigenvalue weighted by atomic mass is 10.0. The van der Waals surface area contributed by atoms with Crippen molar-refractivity contribution in [3.05, 3.63) is 71.5 Å². The summed E-state index contributed by atoms with van der Waals surface area (Å²) in [5.41, 5.74) is 5.04. The van der Waals surface area contributed by atoms with Crippen molar-refractivity contribution in [3.8, 4) is 33.1 Å². The number of hydrogen-bond donors (Lipinski definition) is 2. The van der Waals surface area contributed by atoms with Crippen LogP contribution in [0.1, 0.15) is 24.8 Å². The van der Waals surface area contributed by atoms with Crippen molar-refractivity contribution in [1.82, 2.24) is 35.0 Å². The molecule has 1 aliphatic rings. The van der Waals surface area contributed by atoms with E-state index in [-0.39, 0.29) is 5.13 Å². The number of aromatic amines is 2. The summed E-state index contributed by atoms with van der Waals surface area (Å²) in [5.74, 6) is -0.00612. The number of fused-ring (bicyclic) bond motifs is 2. The minimum Gasteiger partial charge on any atom is -0.335 e. The van der Waals surface area contributed by atoms with Crippen LogP contribution in [-0.4, -0.2) is 48.1 Å². The van der Waals surface area contributed by atoms with E-state index in [4.69, 9.17) is 0 Å². The minimum atomic E-state index is -0.392. The summed E-state index contributed by atoms with van der Waals surface area (Å²) >= 11 is 1.05. The minimum absolute atomic E-state index is 0.271. The zero-order valence-corrected chi connectivity index (χ0v) is 21.2. The molecule has 0 saturated carbocycles. The van der Waals surface area contributed by atoms with Gasteiger partial charge in [-0.25, -0.2) is 14.4 Å². The van der Waals surface area contributed by atoms with Gasteiger partial charge < -0.3 is 4.98 Å². The maximum absolute atomic E-state index is 16.1. The molecule has 190 valence electrons. The number of likely N-dealkylation sites (tertiary alicyclic amines) is 1. The molecule has 2 N–H and O–H groups in total. The van der Waals surface area contributed by atoms with Crippen molar-refractivity contribution in [2.24, 2.45) is 0 Å². The first-order chi connectivity index (χ1) is 18.6. The van der Waals surface area contributed by atoms with Gasteiger partial charge >= 0.3 is 0 Å². The molecule has 1 saturated heterocycles. The van der Waals surface area contributed by atoms with Gasteiger partial charge in [-0.05, 0) is 67.9 Å². The van der Waals surface area contributed by atoms with E-state index >= 15 is 4.39 Å². The Morgan fingerprint density at radius 3 is 2.71 bits per heavy atom. The number of aromatic nitrogens is 6. The van der Waals surface area contributed by atoms with Gasteiger partial charge in [-0.15, -0.1) is 11.3 Å². The number of nitrogens with one attached hydrogen (secondary N) is 2. The van der Waals surface area contributed by atoms with Crippen molar-refractivity contribution in [1.29, 1.82) is 0 Å². The summed E-state index contributed by atoms with van der Waals surface area (Å²) in [6.07, 6.45) is 8.89. The highest BCUT2D eigenvalue weighted by Gasteiger charge is 2.21. The number of nitrogens with zero attached hydrogens (tertiary/aromatic N) is 5. The normalized spacial score (nSPS) is 14.6. The van der Waals surface area contributed by atoms with E-state index in [0.717, 1.165) is 52.5 Å². The van der Waals surface area contributed by atoms with Crippen molar-refractivity contribution in [2.75, 3.05) is 13.1 Å². The molecule has 7 rings (SSSR count). The van der Waals surface area contributed by atoms with Gasteiger partial charge in [0.25, 0.3) is 0 Å². The molecule has 0 bridgehead atoms. The summed E-state index contributed by atoms with van der Waals surface area (Å²) in [7, 11) is 0. The Morgan fingerprint density at radius 1 is 0.974 bits per heavy atom. The fraction of sp³-hybridized carbons (Fsp3) is 0.214. The lowest BCUT2D eigenvalue weighted by Gasteiger charge is -2.26. The number of imidazole rings is 1. The number of benzene rings is 1. The molecule has 0 aliphatic carbocycles. The average Bonchev–Trinajstić information content (AvgIpc) is 3.67. The molecular formula is C28H23F2N7S. The number of thiophene rings is 1. The molecule has 5 aromatic heterocycles. The fourth-order valence-electron chi connectivity index (χ4n) is 5.25. The Labute approximate surface area is 220 Å². The van der Waals surface area contributed by atoms with E-state index in [0.29, 0.717) is 39.1 Å². The van der Waals surface area contributed by atoms with Gasteiger partial charge in [-0.1, -0.05) is 6.42 Å². The average molecular weight is 528 g/mol. The summed E-state index contributed by atoms with van der Waals surface area (Å²) in [5, 5.41) is 7.39. The lowest BCUT2D eigenvalue weighted by Crippen LogP contribution is -2.29. The topological polar surface area (TPSA) is 86.4 Å². The second-order valence-corrected chi connectivity index (χ2v) is 10.6. The van der Waals surface area contributed by atoms with Crippen LogP contribution in [0.2, 0.25) is 0 Å². The summed E-state index contributed by atoms with van der Waals surface area (Å²) < 4.78 is 29.8. The van der Waals surface area contributed by atoms with E-state index in [2.05, 4.69) is 35.0 Å². The number of H-pyrrole nitrogens is 2. The standard InChI is InChI=1S/C28H23F2N7S/c29-22-7-6-21(38-22)19-8-9-32-27-25(19)33-28(34-27)26-23-20(35-36-26)5-4-18(24(23)30)17-12-16(13-31-14-17)15-37-10-2-1-3-11-37/h4-9,12-14H,1-3,10-11,15H2,(H,35,36)(H,32,33,34). The molecule has 6 aromatic rings. The Morgan fingerprint density at radius 2 is 1.87 bits per heavy atom. The van der Waals surface area contributed by atoms with Gasteiger partial charge in [0.15, 0.2) is 16.6 Å². The number of pyridine rings is 2. The largest absolute Gasteiger partial charge is 0.335 e. The summed E-state index contributed by atoms with van der Waals surface area (Å²) in [6.45, 7) is 2.97. The molecule has 38 heavy (non-hydrogen) atoms. The summed E-state index contributed by atoms with van der Waals surface area (Å²) in [4.78, 5) is 19.8. The van der Waals surface area contributed by atoms with E-state index in [1.54, 1.807) is 30.6 Å². The number of hydrogen-bond acceptors (Lipinski definition) is 6. The molecule has 0 atom stereocenters. The van der Waals surface area contributed by atoms with Crippen molar-refractivity contribution < 1.29 is 8.78 Å². The van der Waals surface area contributed by atoms with Gasteiger partial charge in [0.1, 0.15) is 11.5 Å². The first-order valence-corrected chi connectivity index (χ1v) is 13.4. The van der Waals surface area contributed by atoms with Crippen LogP contribution in [-0.2, 0) is 6.54 Å². The molecule has 1 aromatic carbocycles. The number of piperidine rings is 1. The van der Waals surface area contributed by atoms with E-state index in [1.807, 2.05) is 18.3 Å². The second kappa shape index (κ2) is 9.38. The SMILES string of the molecule is Fc1ccc(-c2ccnc3nc(-c4n[nH]c5ccc(-c6cncc(CN7CCCCC7)c6)c(F)c45)[nH]c23)s1. The van der Waals surface area contributed by atoms with Gasteiger partial charge in [-0.2, -0.15) is 9.49 Å². The Bertz CT molecular complexity index is 1780. The molecule has 0 spiro atoms. The third-order valence-electron chi connectivity index (χ3n) is 7.08.